The first-order chi connectivity index (χ1) is 9.65. The number of carbonyl (C=O) groups is 1. The fraction of sp³-hybridized carbons (Fsp3) is 0.462. The SMILES string of the molecule is CC(C)CC(CNS(=O)(=O)c1cccc(Br)c1F)C(=O)O. The van der Waals surface area contributed by atoms with Gasteiger partial charge in [-0.05, 0) is 40.4 Å². The Morgan fingerprint density at radius 1 is 1.43 bits per heavy atom. The van der Waals surface area contributed by atoms with Crippen LogP contribution in [0.25, 0.3) is 0 Å². The second kappa shape index (κ2) is 7.33. The molecule has 1 rings (SSSR count). The third-order valence-electron chi connectivity index (χ3n) is 2.83. The van der Waals surface area contributed by atoms with Gasteiger partial charge >= 0.3 is 5.97 Å². The number of halogens is 2. The second-order valence-electron chi connectivity index (χ2n) is 5.07. The first-order valence-electron chi connectivity index (χ1n) is 6.31. The third kappa shape index (κ3) is 5.05. The van der Waals surface area contributed by atoms with Crippen molar-refractivity contribution >= 4 is 31.9 Å². The fourth-order valence-electron chi connectivity index (χ4n) is 1.82. The molecule has 0 aromatic heterocycles. The van der Waals surface area contributed by atoms with Gasteiger partial charge in [-0.3, -0.25) is 4.79 Å². The van der Waals surface area contributed by atoms with Crippen LogP contribution in [0.3, 0.4) is 0 Å². The molecule has 1 aromatic carbocycles. The Morgan fingerprint density at radius 2 is 2.05 bits per heavy atom. The van der Waals surface area contributed by atoms with Gasteiger partial charge in [0.1, 0.15) is 4.90 Å². The highest BCUT2D eigenvalue weighted by Crippen LogP contribution is 2.22. The first-order valence-corrected chi connectivity index (χ1v) is 8.59. The molecule has 8 heteroatoms. The van der Waals surface area contributed by atoms with E-state index in [-0.39, 0.29) is 16.9 Å². The van der Waals surface area contributed by atoms with Gasteiger partial charge in [-0.2, -0.15) is 0 Å². The number of nitrogens with one attached hydrogen (secondary N) is 1. The average Bonchev–Trinajstić information content (AvgIpc) is 2.36. The molecule has 5 nitrogen and oxygen atoms in total. The molecule has 0 bridgehead atoms. The van der Waals surface area contributed by atoms with Gasteiger partial charge < -0.3 is 5.11 Å². The van der Waals surface area contributed by atoms with Crippen molar-refractivity contribution in [2.75, 3.05) is 6.54 Å². The van der Waals surface area contributed by atoms with Gasteiger partial charge in [-0.1, -0.05) is 19.9 Å². The molecule has 0 heterocycles. The van der Waals surface area contributed by atoms with Crippen molar-refractivity contribution in [1.29, 1.82) is 0 Å². The van der Waals surface area contributed by atoms with E-state index < -0.39 is 32.6 Å². The largest absolute Gasteiger partial charge is 0.481 e. The molecule has 0 aliphatic carbocycles. The number of benzene rings is 1. The minimum Gasteiger partial charge on any atom is -0.481 e. The Balaban J connectivity index is 2.90. The Bertz CT molecular complexity index is 619. The van der Waals surface area contributed by atoms with E-state index in [4.69, 9.17) is 5.11 Å². The molecule has 0 radical (unpaired) electrons. The molecule has 21 heavy (non-hydrogen) atoms. The number of hydrogen-bond donors (Lipinski definition) is 2. The van der Waals surface area contributed by atoms with E-state index >= 15 is 0 Å². The highest BCUT2D eigenvalue weighted by atomic mass is 79.9. The number of hydrogen-bond acceptors (Lipinski definition) is 3. The maximum atomic E-state index is 13.8. The van der Waals surface area contributed by atoms with Crippen molar-refractivity contribution in [2.24, 2.45) is 11.8 Å². The van der Waals surface area contributed by atoms with Crippen LogP contribution in [-0.4, -0.2) is 26.0 Å². The maximum absolute atomic E-state index is 13.8. The van der Waals surface area contributed by atoms with Crippen molar-refractivity contribution in [3.8, 4) is 0 Å². The highest BCUT2D eigenvalue weighted by Gasteiger charge is 2.25. The van der Waals surface area contributed by atoms with Crippen LogP contribution in [0.5, 0.6) is 0 Å². The molecule has 1 unspecified atom stereocenters. The van der Waals surface area contributed by atoms with Crippen molar-refractivity contribution in [3.05, 3.63) is 28.5 Å². The van der Waals surface area contributed by atoms with Gasteiger partial charge in [0.15, 0.2) is 5.82 Å². The lowest BCUT2D eigenvalue weighted by Gasteiger charge is -2.16. The zero-order chi connectivity index (χ0) is 16.2. The summed E-state index contributed by atoms with van der Waals surface area (Å²) in [5.74, 6) is -2.73. The number of sulfonamides is 1. The van der Waals surface area contributed by atoms with Crippen LogP contribution in [0.15, 0.2) is 27.6 Å². The number of aliphatic carboxylic acids is 1. The van der Waals surface area contributed by atoms with Crippen LogP contribution >= 0.6 is 15.9 Å². The predicted molar refractivity (Wildman–Crippen MR) is 79.9 cm³/mol. The van der Waals surface area contributed by atoms with E-state index in [1.54, 1.807) is 0 Å². The van der Waals surface area contributed by atoms with E-state index in [0.29, 0.717) is 6.42 Å². The second-order valence-corrected chi connectivity index (χ2v) is 7.66. The summed E-state index contributed by atoms with van der Waals surface area (Å²) in [5, 5.41) is 9.07. The van der Waals surface area contributed by atoms with Crippen molar-refractivity contribution < 1.29 is 22.7 Å². The van der Waals surface area contributed by atoms with Crippen LogP contribution in [0.2, 0.25) is 0 Å². The lowest BCUT2D eigenvalue weighted by atomic mass is 9.98. The van der Waals surface area contributed by atoms with Gasteiger partial charge in [0.2, 0.25) is 10.0 Å². The Hall–Kier alpha value is -0.990. The summed E-state index contributed by atoms with van der Waals surface area (Å²) >= 11 is 2.91. The van der Waals surface area contributed by atoms with Gasteiger partial charge in [-0.25, -0.2) is 17.5 Å². The van der Waals surface area contributed by atoms with Gasteiger partial charge in [0, 0.05) is 6.54 Å². The summed E-state index contributed by atoms with van der Waals surface area (Å²) in [4.78, 5) is 10.6. The third-order valence-corrected chi connectivity index (χ3v) is 4.88. The molecule has 1 aromatic rings. The molecule has 0 aliphatic heterocycles. The molecule has 118 valence electrons. The molecule has 0 aliphatic rings. The maximum Gasteiger partial charge on any atom is 0.307 e. The Kier molecular flexibility index (Phi) is 6.30. The number of rotatable bonds is 7. The smallest absolute Gasteiger partial charge is 0.307 e. The van der Waals surface area contributed by atoms with E-state index in [1.807, 2.05) is 13.8 Å². The summed E-state index contributed by atoms with van der Waals surface area (Å²) in [6.07, 6.45) is 0.332. The van der Waals surface area contributed by atoms with Crippen LogP contribution in [0, 0.1) is 17.7 Å². The number of carboxylic acids is 1. The number of carboxylic acid groups (broad SMARTS) is 1. The fourth-order valence-corrected chi connectivity index (χ4v) is 3.50. The zero-order valence-electron chi connectivity index (χ0n) is 11.6. The zero-order valence-corrected chi connectivity index (χ0v) is 14.0. The summed E-state index contributed by atoms with van der Waals surface area (Å²) in [7, 11) is -4.10. The standard InChI is InChI=1S/C13H17BrFNO4S/c1-8(2)6-9(13(17)18)7-16-21(19,20)11-5-3-4-10(14)12(11)15/h3-5,8-9,16H,6-7H2,1-2H3,(H,17,18). The molecule has 0 saturated heterocycles. The molecule has 0 amide bonds. The summed E-state index contributed by atoms with van der Waals surface area (Å²) in [6.45, 7) is 3.42. The van der Waals surface area contributed by atoms with E-state index in [9.17, 15) is 17.6 Å². The molecular formula is C13H17BrFNO4S. The summed E-state index contributed by atoms with van der Waals surface area (Å²) in [5.41, 5.74) is 0. The highest BCUT2D eigenvalue weighted by molar-refractivity contribution is 9.10. The first kappa shape index (κ1) is 18.1. The molecule has 0 fully saturated rings. The molecule has 2 N–H and O–H groups in total. The van der Waals surface area contributed by atoms with Crippen LogP contribution in [-0.2, 0) is 14.8 Å². The van der Waals surface area contributed by atoms with Crippen LogP contribution in [0.4, 0.5) is 4.39 Å². The Morgan fingerprint density at radius 3 is 2.57 bits per heavy atom. The Labute approximate surface area is 131 Å². The van der Waals surface area contributed by atoms with E-state index in [1.165, 1.54) is 12.1 Å². The van der Waals surface area contributed by atoms with E-state index in [0.717, 1.165) is 6.07 Å². The van der Waals surface area contributed by atoms with Gasteiger partial charge in [0.25, 0.3) is 0 Å². The quantitative estimate of drug-likeness (QED) is 0.760. The summed E-state index contributed by atoms with van der Waals surface area (Å²) in [6, 6.07) is 3.90. The van der Waals surface area contributed by atoms with Crippen molar-refractivity contribution in [2.45, 2.75) is 25.2 Å². The van der Waals surface area contributed by atoms with Gasteiger partial charge in [-0.15, -0.1) is 0 Å². The van der Waals surface area contributed by atoms with Crippen LogP contribution in [0.1, 0.15) is 20.3 Å². The molecule has 0 saturated carbocycles. The van der Waals surface area contributed by atoms with Crippen molar-refractivity contribution in [3.63, 3.8) is 0 Å². The van der Waals surface area contributed by atoms with Crippen molar-refractivity contribution in [1.82, 2.24) is 4.72 Å². The molecule has 0 spiro atoms. The normalized spacial score (nSPS) is 13.4. The minimum absolute atomic E-state index is 0.0299. The topological polar surface area (TPSA) is 83.5 Å². The summed E-state index contributed by atoms with van der Waals surface area (Å²) < 4.78 is 40.1. The molecule has 1 atom stereocenters. The predicted octanol–water partition coefficient (Wildman–Crippen LogP) is 2.61. The minimum atomic E-state index is -4.10. The van der Waals surface area contributed by atoms with Gasteiger partial charge in [0.05, 0.1) is 10.4 Å². The monoisotopic (exact) mass is 381 g/mol. The average molecular weight is 382 g/mol. The van der Waals surface area contributed by atoms with E-state index in [2.05, 4.69) is 20.7 Å². The lowest BCUT2D eigenvalue weighted by Crippen LogP contribution is -2.34. The van der Waals surface area contributed by atoms with Crippen LogP contribution < -0.4 is 4.72 Å². The lowest BCUT2D eigenvalue weighted by molar-refractivity contribution is -0.142. The molecular weight excluding hydrogens is 365 g/mol.